The molecule has 0 bridgehead atoms. The Morgan fingerprint density at radius 1 is 1.40 bits per heavy atom. The Morgan fingerprint density at radius 2 is 2.10 bits per heavy atom. The lowest BCUT2D eigenvalue weighted by Gasteiger charge is -2.14. The standard InChI is InChI=1S/C7H17NO2/c1-4-10-7-8(2)5-6-9-3/h4-7H2,1-3H3. The number of methoxy groups -OCH3 is 1. The van der Waals surface area contributed by atoms with Gasteiger partial charge in [0.05, 0.1) is 13.3 Å². The van der Waals surface area contributed by atoms with Crippen molar-refractivity contribution < 1.29 is 9.47 Å². The third kappa shape index (κ3) is 6.01. The summed E-state index contributed by atoms with van der Waals surface area (Å²) in [6.07, 6.45) is 0. The molecule has 0 aliphatic heterocycles. The number of hydrogen-bond acceptors (Lipinski definition) is 3. The van der Waals surface area contributed by atoms with Gasteiger partial charge in [0, 0.05) is 20.3 Å². The Balaban J connectivity index is 3.00. The second-order valence-corrected chi connectivity index (χ2v) is 2.19. The Morgan fingerprint density at radius 3 is 2.60 bits per heavy atom. The second kappa shape index (κ2) is 6.99. The van der Waals surface area contributed by atoms with Gasteiger partial charge in [-0.3, -0.25) is 4.90 Å². The van der Waals surface area contributed by atoms with Gasteiger partial charge in [-0.2, -0.15) is 0 Å². The lowest BCUT2D eigenvalue weighted by Crippen LogP contribution is -2.25. The summed E-state index contributed by atoms with van der Waals surface area (Å²) in [4.78, 5) is 2.08. The zero-order valence-electron chi connectivity index (χ0n) is 7.09. The molecule has 10 heavy (non-hydrogen) atoms. The molecule has 3 heteroatoms. The van der Waals surface area contributed by atoms with Crippen LogP contribution in [-0.2, 0) is 9.47 Å². The third-order valence-electron chi connectivity index (χ3n) is 1.19. The van der Waals surface area contributed by atoms with E-state index in [9.17, 15) is 0 Å². The van der Waals surface area contributed by atoms with Crippen LogP contribution in [0, 0.1) is 0 Å². The largest absolute Gasteiger partial charge is 0.383 e. The van der Waals surface area contributed by atoms with Crippen molar-refractivity contribution >= 4 is 0 Å². The van der Waals surface area contributed by atoms with Crippen LogP contribution in [0.5, 0.6) is 0 Å². The van der Waals surface area contributed by atoms with Crippen molar-refractivity contribution in [2.75, 3.05) is 40.6 Å². The van der Waals surface area contributed by atoms with Crippen LogP contribution in [-0.4, -0.2) is 45.5 Å². The molecule has 0 spiro atoms. The molecule has 0 atom stereocenters. The van der Waals surface area contributed by atoms with E-state index < -0.39 is 0 Å². The van der Waals surface area contributed by atoms with Crippen molar-refractivity contribution in [3.8, 4) is 0 Å². The molecule has 0 heterocycles. The number of ether oxygens (including phenoxy) is 2. The highest BCUT2D eigenvalue weighted by atomic mass is 16.5. The molecule has 62 valence electrons. The highest BCUT2D eigenvalue weighted by molar-refractivity contribution is 4.41. The highest BCUT2D eigenvalue weighted by Gasteiger charge is 1.94. The van der Waals surface area contributed by atoms with Crippen LogP contribution in [0.15, 0.2) is 0 Å². The van der Waals surface area contributed by atoms with Gasteiger partial charge in [0.1, 0.15) is 0 Å². The van der Waals surface area contributed by atoms with Gasteiger partial charge in [0.25, 0.3) is 0 Å². The Kier molecular flexibility index (Phi) is 6.91. The summed E-state index contributed by atoms with van der Waals surface area (Å²) >= 11 is 0. The first-order chi connectivity index (χ1) is 4.81. The van der Waals surface area contributed by atoms with Crippen molar-refractivity contribution in [2.24, 2.45) is 0 Å². The lowest BCUT2D eigenvalue weighted by atomic mass is 10.6. The molecule has 0 aliphatic rings. The Labute approximate surface area is 62.9 Å². The molecule has 0 unspecified atom stereocenters. The first kappa shape index (κ1) is 9.88. The number of nitrogens with zero attached hydrogens (tertiary/aromatic N) is 1. The zero-order valence-corrected chi connectivity index (χ0v) is 7.09. The summed E-state index contributed by atoms with van der Waals surface area (Å²) in [6.45, 7) is 5.15. The number of likely N-dealkylation sites (N-methyl/N-ethyl adjacent to an activating group) is 1. The minimum atomic E-state index is 0.694. The van der Waals surface area contributed by atoms with E-state index in [0.29, 0.717) is 6.73 Å². The van der Waals surface area contributed by atoms with Crippen LogP contribution in [0.25, 0.3) is 0 Å². The number of rotatable bonds is 6. The fraction of sp³-hybridized carbons (Fsp3) is 1.00. The van der Waals surface area contributed by atoms with Gasteiger partial charge in [-0.15, -0.1) is 0 Å². The maximum Gasteiger partial charge on any atom is 0.0988 e. The second-order valence-electron chi connectivity index (χ2n) is 2.19. The normalized spacial score (nSPS) is 10.8. The fourth-order valence-electron chi connectivity index (χ4n) is 0.559. The molecule has 0 saturated carbocycles. The summed E-state index contributed by atoms with van der Waals surface area (Å²) < 4.78 is 10.1. The maximum absolute atomic E-state index is 5.16. The van der Waals surface area contributed by atoms with E-state index in [1.807, 2.05) is 14.0 Å². The maximum atomic E-state index is 5.16. The third-order valence-corrected chi connectivity index (χ3v) is 1.19. The Hall–Kier alpha value is -0.120. The average Bonchev–Trinajstić information content (AvgIpc) is 1.97. The SMILES string of the molecule is CCOCN(C)CCOC. The molecule has 0 radical (unpaired) electrons. The molecule has 3 nitrogen and oxygen atoms in total. The predicted octanol–water partition coefficient (Wildman–Crippen LogP) is 0.559. The monoisotopic (exact) mass is 147 g/mol. The summed E-state index contributed by atoms with van der Waals surface area (Å²) in [5, 5.41) is 0. The van der Waals surface area contributed by atoms with Crippen LogP contribution in [0.1, 0.15) is 6.92 Å². The van der Waals surface area contributed by atoms with Gasteiger partial charge in [0.2, 0.25) is 0 Å². The van der Waals surface area contributed by atoms with Crippen molar-refractivity contribution in [3.05, 3.63) is 0 Å². The average molecular weight is 147 g/mol. The van der Waals surface area contributed by atoms with E-state index in [0.717, 1.165) is 19.8 Å². The minimum Gasteiger partial charge on any atom is -0.383 e. The van der Waals surface area contributed by atoms with Crippen molar-refractivity contribution in [1.29, 1.82) is 0 Å². The van der Waals surface area contributed by atoms with Crippen LogP contribution < -0.4 is 0 Å². The summed E-state index contributed by atoms with van der Waals surface area (Å²) in [5.74, 6) is 0. The molecule has 0 N–H and O–H groups in total. The highest BCUT2D eigenvalue weighted by Crippen LogP contribution is 1.82. The smallest absolute Gasteiger partial charge is 0.0988 e. The molecule has 0 aliphatic carbocycles. The van der Waals surface area contributed by atoms with Crippen molar-refractivity contribution in [1.82, 2.24) is 4.90 Å². The fourth-order valence-corrected chi connectivity index (χ4v) is 0.559. The van der Waals surface area contributed by atoms with Gasteiger partial charge < -0.3 is 9.47 Å². The van der Waals surface area contributed by atoms with E-state index in [-0.39, 0.29) is 0 Å². The van der Waals surface area contributed by atoms with Crippen LogP contribution in [0.3, 0.4) is 0 Å². The Bertz CT molecular complexity index is 60.6. The van der Waals surface area contributed by atoms with E-state index >= 15 is 0 Å². The van der Waals surface area contributed by atoms with Crippen LogP contribution in [0.4, 0.5) is 0 Å². The van der Waals surface area contributed by atoms with Crippen molar-refractivity contribution in [2.45, 2.75) is 6.92 Å². The molecule has 0 saturated heterocycles. The lowest BCUT2D eigenvalue weighted by molar-refractivity contribution is 0.0367. The first-order valence-electron chi connectivity index (χ1n) is 3.56. The summed E-state index contributed by atoms with van der Waals surface area (Å²) in [6, 6.07) is 0. The summed E-state index contributed by atoms with van der Waals surface area (Å²) in [5.41, 5.74) is 0. The van der Waals surface area contributed by atoms with Gasteiger partial charge in [-0.05, 0) is 14.0 Å². The molecule has 0 aromatic carbocycles. The van der Waals surface area contributed by atoms with Gasteiger partial charge in [0.15, 0.2) is 0 Å². The van der Waals surface area contributed by atoms with E-state index in [2.05, 4.69) is 4.90 Å². The van der Waals surface area contributed by atoms with Crippen LogP contribution in [0.2, 0.25) is 0 Å². The molecule has 0 rings (SSSR count). The van der Waals surface area contributed by atoms with Gasteiger partial charge in [-0.1, -0.05) is 0 Å². The quantitative estimate of drug-likeness (QED) is 0.512. The number of hydrogen-bond donors (Lipinski definition) is 0. The van der Waals surface area contributed by atoms with E-state index in [1.54, 1.807) is 7.11 Å². The zero-order chi connectivity index (χ0) is 7.82. The van der Waals surface area contributed by atoms with E-state index in [4.69, 9.17) is 9.47 Å². The molecular formula is C7H17NO2. The minimum absolute atomic E-state index is 0.694. The van der Waals surface area contributed by atoms with Crippen LogP contribution >= 0.6 is 0 Å². The first-order valence-corrected chi connectivity index (χ1v) is 3.56. The topological polar surface area (TPSA) is 21.7 Å². The molecular weight excluding hydrogens is 130 g/mol. The summed E-state index contributed by atoms with van der Waals surface area (Å²) in [7, 11) is 3.71. The van der Waals surface area contributed by atoms with Crippen molar-refractivity contribution in [3.63, 3.8) is 0 Å². The van der Waals surface area contributed by atoms with Gasteiger partial charge in [-0.25, -0.2) is 0 Å². The molecule has 0 fully saturated rings. The molecule has 0 amide bonds. The molecule has 0 aromatic rings. The molecule has 0 aromatic heterocycles. The van der Waals surface area contributed by atoms with E-state index in [1.165, 1.54) is 0 Å². The predicted molar refractivity (Wildman–Crippen MR) is 41.0 cm³/mol. The van der Waals surface area contributed by atoms with Gasteiger partial charge >= 0.3 is 0 Å².